The lowest BCUT2D eigenvalue weighted by atomic mass is 10.0. The quantitative estimate of drug-likeness (QED) is 0.159. The summed E-state index contributed by atoms with van der Waals surface area (Å²) in [6.45, 7) is 3.01. The number of amides is 1. The second-order valence-corrected chi connectivity index (χ2v) is 13.6. The zero-order valence-electron chi connectivity index (χ0n) is 25.9. The van der Waals surface area contributed by atoms with E-state index in [9.17, 15) is 27.2 Å². The van der Waals surface area contributed by atoms with Gasteiger partial charge in [0.15, 0.2) is 0 Å². The van der Waals surface area contributed by atoms with Crippen molar-refractivity contribution in [1.29, 1.82) is 0 Å². The van der Waals surface area contributed by atoms with Crippen LogP contribution in [0, 0.1) is 17.6 Å². The molecule has 7 rings (SSSR count). The maximum atomic E-state index is 15.2. The molecule has 0 radical (unpaired) electrons. The number of fused-ring (bicyclic) bond motifs is 4. The Morgan fingerprint density at radius 1 is 1.08 bits per heavy atom. The summed E-state index contributed by atoms with van der Waals surface area (Å²) in [5, 5.41) is 6.61. The first-order valence-electron chi connectivity index (χ1n) is 15.4. The van der Waals surface area contributed by atoms with E-state index in [0.29, 0.717) is 15.2 Å². The van der Waals surface area contributed by atoms with Gasteiger partial charge in [-0.15, -0.1) is 0 Å². The smallest absolute Gasteiger partial charge is 0.293 e. The fourth-order valence-electron chi connectivity index (χ4n) is 6.66. The molecule has 15 heteroatoms. The van der Waals surface area contributed by atoms with E-state index in [1.54, 1.807) is 30.3 Å². The molecule has 1 amide bonds. The zero-order chi connectivity index (χ0) is 34.9. The van der Waals surface area contributed by atoms with Crippen LogP contribution in [-0.4, -0.2) is 30.2 Å². The van der Waals surface area contributed by atoms with Gasteiger partial charge in [0.2, 0.25) is 5.91 Å². The minimum atomic E-state index is -3.46. The number of pyridine rings is 1. The Morgan fingerprint density at radius 3 is 2.47 bits per heavy atom. The Morgan fingerprint density at radius 2 is 1.82 bits per heavy atom. The van der Waals surface area contributed by atoms with E-state index in [-0.39, 0.29) is 52.3 Å². The highest BCUT2D eigenvalue weighted by atomic mass is 79.9. The molecular formula is C34H27BrF6N6O2. The van der Waals surface area contributed by atoms with Gasteiger partial charge in [-0.1, -0.05) is 29.8 Å². The maximum absolute atomic E-state index is 15.2. The van der Waals surface area contributed by atoms with Crippen molar-refractivity contribution in [2.75, 3.05) is 0 Å². The molecule has 2 aliphatic carbocycles. The molecule has 0 saturated heterocycles. The first-order valence-corrected chi connectivity index (χ1v) is 16.2. The van der Waals surface area contributed by atoms with Crippen molar-refractivity contribution in [3.8, 4) is 5.69 Å². The van der Waals surface area contributed by atoms with Crippen LogP contribution >= 0.6 is 15.9 Å². The number of carbonyl (C=O) groups is 1. The first kappa shape index (κ1) is 33.0. The third kappa shape index (κ3) is 5.91. The van der Waals surface area contributed by atoms with Gasteiger partial charge < -0.3 is 5.32 Å². The molecule has 3 aromatic heterocycles. The van der Waals surface area contributed by atoms with Gasteiger partial charge in [0.1, 0.15) is 35.4 Å². The fraction of sp³-hybridized carbons (Fsp3) is 0.324. The summed E-state index contributed by atoms with van der Waals surface area (Å²) in [6, 6.07) is 9.63. The number of benzene rings is 2. The van der Waals surface area contributed by atoms with Gasteiger partial charge in [-0.25, -0.2) is 22.5 Å². The maximum Gasteiger partial charge on any atom is 0.293 e. The molecule has 0 aliphatic heterocycles. The van der Waals surface area contributed by atoms with Crippen molar-refractivity contribution in [1.82, 2.24) is 29.6 Å². The molecule has 3 heterocycles. The highest BCUT2D eigenvalue weighted by molar-refractivity contribution is 9.10. The van der Waals surface area contributed by atoms with Crippen LogP contribution in [0.2, 0.25) is 0 Å². The first-order chi connectivity index (χ1) is 23.2. The Balaban J connectivity index is 1.35. The van der Waals surface area contributed by atoms with Crippen molar-refractivity contribution in [3.05, 3.63) is 115 Å². The van der Waals surface area contributed by atoms with Gasteiger partial charge in [0.05, 0.1) is 28.8 Å². The Hall–Kier alpha value is -4.53. The van der Waals surface area contributed by atoms with Crippen LogP contribution in [0.25, 0.3) is 16.6 Å². The third-order valence-corrected chi connectivity index (χ3v) is 9.44. The Labute approximate surface area is 283 Å². The third-order valence-electron chi connectivity index (χ3n) is 8.95. The average Bonchev–Trinajstić information content (AvgIpc) is 3.68. The monoisotopic (exact) mass is 744 g/mol. The molecule has 2 aromatic carbocycles. The van der Waals surface area contributed by atoms with E-state index < -0.39 is 71.3 Å². The van der Waals surface area contributed by atoms with Crippen LogP contribution in [0.5, 0.6) is 0 Å². The second kappa shape index (κ2) is 12.1. The van der Waals surface area contributed by atoms with Crippen LogP contribution in [0.1, 0.15) is 78.6 Å². The number of alkyl halides is 4. The van der Waals surface area contributed by atoms with E-state index >= 15 is 8.78 Å². The summed E-state index contributed by atoms with van der Waals surface area (Å²) in [6.07, 6.45) is -1.92. The number of hydrogen-bond acceptors (Lipinski definition) is 5. The molecule has 254 valence electrons. The Bertz CT molecular complexity index is 2160. The number of halogens is 7. The number of nitrogens with one attached hydrogen (secondary N) is 1. The van der Waals surface area contributed by atoms with Crippen LogP contribution in [0.4, 0.5) is 26.3 Å². The summed E-state index contributed by atoms with van der Waals surface area (Å²) in [5.41, 5.74) is -0.946. The molecule has 5 aromatic rings. The van der Waals surface area contributed by atoms with E-state index in [4.69, 9.17) is 4.98 Å². The lowest BCUT2D eigenvalue weighted by Gasteiger charge is -2.24. The minimum Gasteiger partial charge on any atom is -0.344 e. The fourth-order valence-corrected chi connectivity index (χ4v) is 7.00. The molecule has 1 fully saturated rings. The molecule has 1 saturated carbocycles. The summed E-state index contributed by atoms with van der Waals surface area (Å²) >= 11 is 3.37. The van der Waals surface area contributed by atoms with Crippen molar-refractivity contribution < 1.29 is 31.1 Å². The summed E-state index contributed by atoms with van der Waals surface area (Å²) in [5.74, 6) is -8.06. The average molecular weight is 746 g/mol. The lowest BCUT2D eigenvalue weighted by molar-refractivity contribution is -0.123. The van der Waals surface area contributed by atoms with Gasteiger partial charge in [-0.05, 0) is 66.3 Å². The highest BCUT2D eigenvalue weighted by Crippen LogP contribution is 2.68. The molecule has 2 aliphatic rings. The summed E-state index contributed by atoms with van der Waals surface area (Å²) in [7, 11) is 0. The molecule has 0 spiro atoms. The van der Waals surface area contributed by atoms with Crippen LogP contribution < -0.4 is 10.9 Å². The zero-order valence-corrected chi connectivity index (χ0v) is 27.5. The molecule has 49 heavy (non-hydrogen) atoms. The van der Waals surface area contributed by atoms with Crippen LogP contribution in [0.3, 0.4) is 0 Å². The molecule has 1 unspecified atom stereocenters. The van der Waals surface area contributed by atoms with E-state index in [1.165, 1.54) is 10.8 Å². The van der Waals surface area contributed by atoms with Gasteiger partial charge >= 0.3 is 0 Å². The van der Waals surface area contributed by atoms with Crippen LogP contribution in [0.15, 0.2) is 64.0 Å². The highest BCUT2D eigenvalue weighted by Gasteiger charge is 2.67. The Kier molecular flexibility index (Phi) is 8.15. The van der Waals surface area contributed by atoms with Gasteiger partial charge in [-0.2, -0.15) is 13.9 Å². The van der Waals surface area contributed by atoms with Gasteiger partial charge in [0, 0.05) is 34.1 Å². The predicted octanol–water partition coefficient (Wildman–Crippen LogP) is 7.39. The number of aromatic nitrogens is 5. The SMILES string of the molecule is CC(C)c1ccc(-n2c(C(Cc3cc(F)cc(F)c3)NC(=O)Cn3nc(C(F)F)c4c3C(F)(F)[C@@H]3C[C@H]43)nc3cc(Br)ccc3c2=O)cn1. The lowest BCUT2D eigenvalue weighted by Crippen LogP contribution is -2.38. The molecular weight excluding hydrogens is 718 g/mol. The van der Waals surface area contributed by atoms with Crippen LogP contribution in [-0.2, 0) is 23.7 Å². The van der Waals surface area contributed by atoms with Gasteiger partial charge in [-0.3, -0.25) is 23.8 Å². The normalized spacial score (nSPS) is 18.2. The predicted molar refractivity (Wildman–Crippen MR) is 170 cm³/mol. The summed E-state index contributed by atoms with van der Waals surface area (Å²) in [4.78, 5) is 37.0. The molecule has 1 N–H and O–H groups in total. The van der Waals surface area contributed by atoms with Crippen molar-refractivity contribution in [2.24, 2.45) is 5.92 Å². The molecule has 8 nitrogen and oxygen atoms in total. The van der Waals surface area contributed by atoms with Gasteiger partial charge in [0.25, 0.3) is 17.9 Å². The standard InChI is InChI=1S/C34H27BrF6N6O2/c1-15(2)24-6-4-20(13-42-24)47-32(44-25-10-17(35)3-5-21(25)33(47)49)26(9-16-7-18(36)11-19(37)8-16)43-27(48)14-46-30-28(29(45-46)31(38)39)22-12-23(22)34(30,40)41/h3-8,10-11,13,15,22-23,26,31H,9,12,14H2,1-2H3,(H,43,48)/t22-,23+,26?/m0/s1. The van der Waals surface area contributed by atoms with Crippen molar-refractivity contribution in [3.63, 3.8) is 0 Å². The molecule has 3 atom stereocenters. The molecule has 0 bridgehead atoms. The number of carbonyl (C=O) groups excluding carboxylic acids is 1. The van der Waals surface area contributed by atoms with E-state index in [1.807, 2.05) is 13.8 Å². The number of rotatable bonds is 9. The topological polar surface area (TPSA) is 94.7 Å². The van der Waals surface area contributed by atoms with E-state index in [0.717, 1.165) is 17.8 Å². The van der Waals surface area contributed by atoms with Crippen molar-refractivity contribution >= 4 is 32.7 Å². The van der Waals surface area contributed by atoms with E-state index in [2.05, 4.69) is 31.3 Å². The second-order valence-electron chi connectivity index (χ2n) is 12.6. The van der Waals surface area contributed by atoms with Crippen molar-refractivity contribution in [2.45, 2.75) is 63.5 Å². The largest absolute Gasteiger partial charge is 0.344 e. The number of nitrogens with zero attached hydrogens (tertiary/aromatic N) is 5. The summed E-state index contributed by atoms with van der Waals surface area (Å²) < 4.78 is 89.3. The number of hydrogen-bond donors (Lipinski definition) is 1. The minimum absolute atomic E-state index is 0.0537.